The van der Waals surface area contributed by atoms with E-state index in [0.29, 0.717) is 6.42 Å². The number of rotatable bonds is 1. The minimum absolute atomic E-state index is 0.0764. The molecular weight excluding hydrogens is 212 g/mol. The smallest absolute Gasteiger partial charge is 0.316 e. The first-order valence-corrected chi connectivity index (χ1v) is 5.66. The van der Waals surface area contributed by atoms with Crippen LogP contribution in [-0.2, 0) is 16.0 Å². The number of hydrogen-bond acceptors (Lipinski definition) is 4. The van der Waals surface area contributed by atoms with Crippen molar-refractivity contribution >= 4 is 23.1 Å². The van der Waals surface area contributed by atoms with E-state index >= 15 is 0 Å². The van der Waals surface area contributed by atoms with Gasteiger partial charge in [-0.05, 0) is 25.8 Å². The van der Waals surface area contributed by atoms with Gasteiger partial charge in [-0.25, -0.2) is 0 Å². The second-order valence-corrected chi connectivity index (χ2v) is 5.01. The first-order valence-electron chi connectivity index (χ1n) is 4.85. The van der Waals surface area contributed by atoms with E-state index < -0.39 is 11.9 Å². The van der Waals surface area contributed by atoms with Crippen molar-refractivity contribution in [1.29, 1.82) is 0 Å². The van der Waals surface area contributed by atoms with Gasteiger partial charge in [0.25, 0.3) is 0 Å². The Bertz CT molecular complexity index is 419. The maximum atomic E-state index is 11.9. The average Bonchev–Trinajstić information content (AvgIpc) is 2.59. The van der Waals surface area contributed by atoms with E-state index in [9.17, 15) is 9.59 Å². The third kappa shape index (κ3) is 1.69. The van der Waals surface area contributed by atoms with Crippen LogP contribution in [0.5, 0.6) is 0 Å². The Kier molecular flexibility index (Phi) is 2.61. The van der Waals surface area contributed by atoms with Crippen molar-refractivity contribution in [2.75, 3.05) is 7.11 Å². The van der Waals surface area contributed by atoms with Crippen LogP contribution in [0.3, 0.4) is 0 Å². The van der Waals surface area contributed by atoms with Crippen LogP contribution in [0.2, 0.25) is 0 Å². The van der Waals surface area contributed by atoms with Crippen molar-refractivity contribution in [2.45, 2.75) is 19.8 Å². The number of carbonyl (C=O) groups is 2. The van der Waals surface area contributed by atoms with E-state index in [4.69, 9.17) is 0 Å². The van der Waals surface area contributed by atoms with Crippen LogP contribution < -0.4 is 0 Å². The molecule has 0 aliphatic heterocycles. The number of Topliss-reactive ketones (excluding diaryl/α,β-unsaturated/α-hetero) is 1. The quantitative estimate of drug-likeness (QED) is 0.541. The number of aryl methyl sites for hydroxylation is 2. The Morgan fingerprint density at radius 3 is 3.00 bits per heavy atom. The summed E-state index contributed by atoms with van der Waals surface area (Å²) in [7, 11) is 1.32. The molecule has 0 saturated carbocycles. The van der Waals surface area contributed by atoms with Gasteiger partial charge in [0.2, 0.25) is 0 Å². The minimum Gasteiger partial charge on any atom is -0.468 e. The largest absolute Gasteiger partial charge is 0.468 e. The van der Waals surface area contributed by atoms with E-state index in [1.807, 2.05) is 13.0 Å². The first-order chi connectivity index (χ1) is 7.13. The molecule has 2 rings (SSSR count). The highest BCUT2D eigenvalue weighted by molar-refractivity contribution is 7.12. The van der Waals surface area contributed by atoms with E-state index in [0.717, 1.165) is 21.7 Å². The summed E-state index contributed by atoms with van der Waals surface area (Å²) < 4.78 is 4.63. The standard InChI is InChI=1S/C11H12O3S/c1-6-5-8-9(15-6)4-3-7(10(8)12)11(13)14-2/h5,7H,3-4H2,1-2H3. The van der Waals surface area contributed by atoms with Gasteiger partial charge in [-0.1, -0.05) is 0 Å². The molecule has 0 amide bonds. The van der Waals surface area contributed by atoms with Crippen molar-refractivity contribution in [3.8, 4) is 0 Å². The molecule has 1 unspecified atom stereocenters. The van der Waals surface area contributed by atoms with Gasteiger partial charge in [-0.15, -0.1) is 11.3 Å². The molecule has 80 valence electrons. The molecule has 1 aliphatic carbocycles. The Balaban J connectivity index is 2.33. The number of methoxy groups -OCH3 is 1. The summed E-state index contributed by atoms with van der Waals surface area (Å²) in [5.41, 5.74) is 0.721. The third-order valence-electron chi connectivity index (χ3n) is 2.66. The van der Waals surface area contributed by atoms with Crippen LogP contribution in [0.1, 0.15) is 26.5 Å². The maximum Gasteiger partial charge on any atom is 0.316 e. The molecule has 1 aromatic heterocycles. The highest BCUT2D eigenvalue weighted by Crippen LogP contribution is 2.32. The fourth-order valence-electron chi connectivity index (χ4n) is 1.92. The number of ether oxygens (including phenoxy) is 1. The van der Waals surface area contributed by atoms with Gasteiger partial charge >= 0.3 is 5.97 Å². The van der Waals surface area contributed by atoms with E-state index in [2.05, 4.69) is 4.74 Å². The van der Waals surface area contributed by atoms with Crippen LogP contribution in [0.15, 0.2) is 6.07 Å². The number of ketones is 1. The zero-order chi connectivity index (χ0) is 11.0. The molecule has 0 bridgehead atoms. The number of carbonyl (C=O) groups excluding carboxylic acids is 2. The Hall–Kier alpha value is -1.16. The van der Waals surface area contributed by atoms with Crippen molar-refractivity contribution < 1.29 is 14.3 Å². The summed E-state index contributed by atoms with van der Waals surface area (Å²) in [6.45, 7) is 1.98. The predicted molar refractivity (Wildman–Crippen MR) is 57.2 cm³/mol. The van der Waals surface area contributed by atoms with Crippen molar-refractivity contribution in [1.82, 2.24) is 0 Å². The van der Waals surface area contributed by atoms with E-state index in [-0.39, 0.29) is 5.78 Å². The lowest BCUT2D eigenvalue weighted by Crippen LogP contribution is -2.29. The predicted octanol–water partition coefficient (Wildman–Crippen LogP) is 1.97. The summed E-state index contributed by atoms with van der Waals surface area (Å²) >= 11 is 1.64. The lowest BCUT2D eigenvalue weighted by molar-refractivity contribution is -0.143. The fourth-order valence-corrected chi connectivity index (χ4v) is 2.97. The van der Waals surface area contributed by atoms with E-state index in [1.165, 1.54) is 7.11 Å². The number of hydrogen-bond donors (Lipinski definition) is 0. The SMILES string of the molecule is COC(=O)C1CCc2sc(C)cc2C1=O. The van der Waals surface area contributed by atoms with Crippen LogP contribution in [0.4, 0.5) is 0 Å². The summed E-state index contributed by atoms with van der Waals surface area (Å²) in [4.78, 5) is 25.5. The molecule has 0 saturated heterocycles. The highest BCUT2D eigenvalue weighted by Gasteiger charge is 2.34. The molecule has 0 aromatic carbocycles. The summed E-state index contributed by atoms with van der Waals surface area (Å²) in [6, 6.07) is 1.87. The lowest BCUT2D eigenvalue weighted by atomic mass is 9.87. The van der Waals surface area contributed by atoms with Crippen molar-refractivity contribution in [2.24, 2.45) is 5.92 Å². The molecule has 1 aromatic rings. The van der Waals surface area contributed by atoms with Gasteiger partial charge in [0, 0.05) is 15.3 Å². The second kappa shape index (κ2) is 3.77. The maximum absolute atomic E-state index is 11.9. The van der Waals surface area contributed by atoms with Gasteiger partial charge in [-0.3, -0.25) is 9.59 Å². The number of thiophene rings is 1. The molecule has 1 heterocycles. The fraction of sp³-hybridized carbons (Fsp3) is 0.455. The van der Waals surface area contributed by atoms with Gasteiger partial charge in [0.15, 0.2) is 5.78 Å². The topological polar surface area (TPSA) is 43.4 Å². The molecule has 15 heavy (non-hydrogen) atoms. The first kappa shape index (κ1) is 10.4. The van der Waals surface area contributed by atoms with Gasteiger partial charge in [0.1, 0.15) is 5.92 Å². The Morgan fingerprint density at radius 1 is 1.60 bits per heavy atom. The summed E-state index contributed by atoms with van der Waals surface area (Å²) in [5, 5.41) is 0. The molecule has 0 fully saturated rings. The minimum atomic E-state index is -0.587. The molecular formula is C11H12O3S. The van der Waals surface area contributed by atoms with Gasteiger partial charge in [-0.2, -0.15) is 0 Å². The third-order valence-corrected chi connectivity index (χ3v) is 3.77. The monoisotopic (exact) mass is 224 g/mol. The zero-order valence-electron chi connectivity index (χ0n) is 8.70. The Labute approximate surface area is 92.1 Å². The lowest BCUT2D eigenvalue weighted by Gasteiger charge is -2.18. The second-order valence-electron chi connectivity index (χ2n) is 3.67. The van der Waals surface area contributed by atoms with Crippen LogP contribution >= 0.6 is 11.3 Å². The highest BCUT2D eigenvalue weighted by atomic mass is 32.1. The van der Waals surface area contributed by atoms with Crippen LogP contribution in [0.25, 0.3) is 0 Å². The molecule has 3 nitrogen and oxygen atoms in total. The Morgan fingerprint density at radius 2 is 2.33 bits per heavy atom. The molecule has 0 spiro atoms. The summed E-state index contributed by atoms with van der Waals surface area (Å²) in [6.07, 6.45) is 1.39. The molecule has 1 aliphatic rings. The van der Waals surface area contributed by atoms with Crippen molar-refractivity contribution in [3.05, 3.63) is 21.4 Å². The average molecular weight is 224 g/mol. The van der Waals surface area contributed by atoms with E-state index in [1.54, 1.807) is 11.3 Å². The normalized spacial score (nSPS) is 19.9. The number of esters is 1. The zero-order valence-corrected chi connectivity index (χ0v) is 9.52. The number of fused-ring (bicyclic) bond motifs is 1. The van der Waals surface area contributed by atoms with Crippen molar-refractivity contribution in [3.63, 3.8) is 0 Å². The van der Waals surface area contributed by atoms with Gasteiger partial charge in [0.05, 0.1) is 7.11 Å². The molecule has 1 atom stereocenters. The molecule has 0 N–H and O–H groups in total. The van der Waals surface area contributed by atoms with Crippen LogP contribution in [0, 0.1) is 12.8 Å². The molecule has 0 radical (unpaired) electrons. The summed E-state index contributed by atoms with van der Waals surface area (Å²) in [5.74, 6) is -1.07. The molecule has 4 heteroatoms. The van der Waals surface area contributed by atoms with Gasteiger partial charge < -0.3 is 4.74 Å². The van der Waals surface area contributed by atoms with Crippen LogP contribution in [-0.4, -0.2) is 18.9 Å².